The average Bonchev–Trinajstić information content (AvgIpc) is 2.63. The molecule has 1 fully saturated rings. The van der Waals surface area contributed by atoms with E-state index in [0.717, 1.165) is 8.66 Å². The van der Waals surface area contributed by atoms with Gasteiger partial charge in [-0.1, -0.05) is 0 Å². The Labute approximate surface area is 112 Å². The quantitative estimate of drug-likeness (QED) is 0.857. The molecule has 1 aliphatic rings. The van der Waals surface area contributed by atoms with E-state index in [2.05, 4.69) is 22.0 Å². The number of carbonyl (C=O) groups is 1. The Hall–Kier alpha value is -0.900. The second-order valence-corrected chi connectivity index (χ2v) is 6.60. The molecule has 2 heterocycles. The largest absolute Gasteiger partial charge is 0.377 e. The van der Waals surface area contributed by atoms with Crippen molar-refractivity contribution in [3.05, 3.63) is 20.8 Å². The minimum Gasteiger partial charge on any atom is -0.377 e. The van der Waals surface area contributed by atoms with Crippen molar-refractivity contribution in [2.75, 3.05) is 20.3 Å². The number of amides is 1. The lowest BCUT2D eigenvalue weighted by atomic mass is 9.86. The van der Waals surface area contributed by atoms with Gasteiger partial charge in [0.2, 0.25) is 5.91 Å². The zero-order valence-electron chi connectivity index (χ0n) is 9.27. The lowest BCUT2D eigenvalue weighted by Crippen LogP contribution is -2.53. The number of thiophene rings is 1. The van der Waals surface area contributed by atoms with Crippen LogP contribution in [0.25, 0.3) is 0 Å². The van der Waals surface area contributed by atoms with Gasteiger partial charge in [-0.2, -0.15) is 5.26 Å². The van der Waals surface area contributed by atoms with Gasteiger partial charge in [0.05, 0.1) is 29.6 Å². The molecule has 1 amide bonds. The summed E-state index contributed by atoms with van der Waals surface area (Å²) in [6.07, 6.45) is 0. The van der Waals surface area contributed by atoms with Crippen LogP contribution in [0.4, 0.5) is 0 Å². The molecule has 2 rings (SSSR count). The number of nitrogens with zero attached hydrogens (tertiary/aromatic N) is 2. The van der Waals surface area contributed by atoms with Gasteiger partial charge < -0.3 is 9.64 Å². The van der Waals surface area contributed by atoms with Crippen LogP contribution in [0.15, 0.2) is 15.9 Å². The summed E-state index contributed by atoms with van der Waals surface area (Å²) in [6.45, 7) is 0.945. The molecule has 1 saturated heterocycles. The summed E-state index contributed by atoms with van der Waals surface area (Å²) >= 11 is 4.97. The highest BCUT2D eigenvalue weighted by atomic mass is 79.9. The number of carbonyl (C=O) groups excluding carboxylic acids is 1. The molecule has 0 aliphatic carbocycles. The minimum absolute atomic E-state index is 0.157. The highest BCUT2D eigenvalue weighted by Gasteiger charge is 2.48. The third kappa shape index (κ3) is 2.37. The summed E-state index contributed by atoms with van der Waals surface area (Å²) < 4.78 is 6.02. The van der Waals surface area contributed by atoms with Gasteiger partial charge in [0, 0.05) is 11.9 Å². The van der Waals surface area contributed by atoms with Gasteiger partial charge in [0.25, 0.3) is 0 Å². The minimum atomic E-state index is -0.955. The van der Waals surface area contributed by atoms with Crippen LogP contribution in [0.1, 0.15) is 4.88 Å². The molecule has 0 saturated carbocycles. The summed E-state index contributed by atoms with van der Waals surface area (Å²) in [5, 5.41) is 9.04. The first-order chi connectivity index (χ1) is 8.07. The summed E-state index contributed by atoms with van der Waals surface area (Å²) in [7, 11) is 1.72. The summed E-state index contributed by atoms with van der Waals surface area (Å²) in [4.78, 5) is 14.8. The Morgan fingerprint density at radius 3 is 2.82 bits per heavy atom. The molecular formula is C11H11BrN2O2S. The van der Waals surface area contributed by atoms with Crippen molar-refractivity contribution in [1.82, 2.24) is 4.90 Å². The standard InChI is InChI=1S/C11H11BrN2O2S/c1-14(4-8-2-3-9(12)17-8)10(15)11(5-13)6-16-7-11/h2-3H,4,6-7H2,1H3. The summed E-state index contributed by atoms with van der Waals surface area (Å²) in [6, 6.07) is 5.98. The molecule has 0 N–H and O–H groups in total. The fraction of sp³-hybridized carbons (Fsp3) is 0.455. The van der Waals surface area contributed by atoms with Crippen molar-refractivity contribution in [1.29, 1.82) is 5.26 Å². The predicted octanol–water partition coefficient (Wildman–Crippen LogP) is 2.01. The molecule has 90 valence electrons. The van der Waals surface area contributed by atoms with E-state index in [1.807, 2.05) is 12.1 Å². The lowest BCUT2D eigenvalue weighted by Gasteiger charge is -2.36. The number of ether oxygens (including phenoxy) is 1. The highest BCUT2D eigenvalue weighted by Crippen LogP contribution is 2.30. The van der Waals surface area contributed by atoms with Crippen molar-refractivity contribution < 1.29 is 9.53 Å². The molecule has 1 aromatic heterocycles. The first-order valence-corrected chi connectivity index (χ1v) is 6.67. The van der Waals surface area contributed by atoms with E-state index in [4.69, 9.17) is 10.00 Å². The maximum absolute atomic E-state index is 12.1. The molecule has 0 unspecified atom stereocenters. The molecule has 6 heteroatoms. The van der Waals surface area contributed by atoms with Crippen LogP contribution >= 0.6 is 27.3 Å². The van der Waals surface area contributed by atoms with Crippen molar-refractivity contribution in [2.45, 2.75) is 6.54 Å². The Morgan fingerprint density at radius 2 is 2.41 bits per heavy atom. The molecule has 0 aromatic carbocycles. The summed E-state index contributed by atoms with van der Waals surface area (Å²) in [5.74, 6) is -0.157. The monoisotopic (exact) mass is 314 g/mol. The number of halogens is 1. The van der Waals surface area contributed by atoms with Gasteiger partial charge >= 0.3 is 0 Å². The highest BCUT2D eigenvalue weighted by molar-refractivity contribution is 9.11. The number of nitriles is 1. The van der Waals surface area contributed by atoms with Crippen LogP contribution in [0, 0.1) is 16.7 Å². The van der Waals surface area contributed by atoms with E-state index in [1.165, 1.54) is 0 Å². The lowest BCUT2D eigenvalue weighted by molar-refractivity contribution is -0.160. The van der Waals surface area contributed by atoms with Gasteiger partial charge in [-0.25, -0.2) is 0 Å². The molecule has 1 aromatic rings. The Morgan fingerprint density at radius 1 is 1.71 bits per heavy atom. The van der Waals surface area contributed by atoms with Crippen molar-refractivity contribution in [3.63, 3.8) is 0 Å². The molecule has 4 nitrogen and oxygen atoms in total. The Bertz CT molecular complexity index is 476. The van der Waals surface area contributed by atoms with E-state index < -0.39 is 5.41 Å². The van der Waals surface area contributed by atoms with Crippen LogP contribution in [0.3, 0.4) is 0 Å². The van der Waals surface area contributed by atoms with Crippen LogP contribution < -0.4 is 0 Å². The number of hydrogen-bond donors (Lipinski definition) is 0. The fourth-order valence-electron chi connectivity index (χ4n) is 1.65. The zero-order chi connectivity index (χ0) is 12.5. The number of rotatable bonds is 3. The van der Waals surface area contributed by atoms with Crippen LogP contribution in [0.5, 0.6) is 0 Å². The van der Waals surface area contributed by atoms with Crippen LogP contribution in [0.2, 0.25) is 0 Å². The van der Waals surface area contributed by atoms with Crippen molar-refractivity contribution in [2.24, 2.45) is 5.41 Å². The van der Waals surface area contributed by atoms with E-state index >= 15 is 0 Å². The Kier molecular flexibility index (Phi) is 3.52. The second kappa shape index (κ2) is 4.77. The SMILES string of the molecule is CN(Cc1ccc(Br)s1)C(=O)C1(C#N)COC1. The maximum atomic E-state index is 12.1. The van der Waals surface area contributed by atoms with E-state index in [1.54, 1.807) is 23.3 Å². The van der Waals surface area contributed by atoms with Gasteiger partial charge in [-0.05, 0) is 28.1 Å². The molecule has 17 heavy (non-hydrogen) atoms. The normalized spacial score (nSPS) is 17.0. The first kappa shape index (κ1) is 12.6. The van der Waals surface area contributed by atoms with E-state index in [0.29, 0.717) is 6.54 Å². The van der Waals surface area contributed by atoms with Crippen molar-refractivity contribution in [3.8, 4) is 6.07 Å². The fourth-order valence-corrected chi connectivity index (χ4v) is 3.19. The predicted molar refractivity (Wildman–Crippen MR) is 67.4 cm³/mol. The number of hydrogen-bond acceptors (Lipinski definition) is 4. The summed E-state index contributed by atoms with van der Waals surface area (Å²) in [5.41, 5.74) is -0.955. The molecule has 0 atom stereocenters. The van der Waals surface area contributed by atoms with Crippen LogP contribution in [-0.2, 0) is 16.1 Å². The average molecular weight is 315 g/mol. The van der Waals surface area contributed by atoms with Gasteiger partial charge in [-0.15, -0.1) is 11.3 Å². The first-order valence-electron chi connectivity index (χ1n) is 5.06. The van der Waals surface area contributed by atoms with Gasteiger partial charge in [-0.3, -0.25) is 4.79 Å². The van der Waals surface area contributed by atoms with Crippen molar-refractivity contribution >= 4 is 33.2 Å². The van der Waals surface area contributed by atoms with E-state index in [-0.39, 0.29) is 19.1 Å². The molecular weight excluding hydrogens is 304 g/mol. The molecule has 1 aliphatic heterocycles. The topological polar surface area (TPSA) is 53.3 Å². The smallest absolute Gasteiger partial charge is 0.247 e. The van der Waals surface area contributed by atoms with E-state index in [9.17, 15) is 4.79 Å². The molecule has 0 spiro atoms. The molecule has 0 radical (unpaired) electrons. The van der Waals surface area contributed by atoms with Gasteiger partial charge in [0.1, 0.15) is 0 Å². The Balaban J connectivity index is 2.03. The van der Waals surface area contributed by atoms with Crippen LogP contribution in [-0.4, -0.2) is 31.1 Å². The zero-order valence-corrected chi connectivity index (χ0v) is 11.7. The maximum Gasteiger partial charge on any atom is 0.247 e. The van der Waals surface area contributed by atoms with Gasteiger partial charge in [0.15, 0.2) is 5.41 Å². The third-order valence-electron chi connectivity index (χ3n) is 2.69. The molecule has 0 bridgehead atoms. The second-order valence-electron chi connectivity index (χ2n) is 4.05. The third-order valence-corrected chi connectivity index (χ3v) is 4.30.